The predicted octanol–water partition coefficient (Wildman–Crippen LogP) is 0.639. The molecule has 0 fully saturated rings. The van der Waals surface area contributed by atoms with Gasteiger partial charge in [-0.3, -0.25) is 9.48 Å². The van der Waals surface area contributed by atoms with Gasteiger partial charge in [-0.2, -0.15) is 5.10 Å². The first-order valence-corrected chi connectivity index (χ1v) is 4.84. The second-order valence-corrected chi connectivity index (χ2v) is 3.39. The van der Waals surface area contributed by atoms with Gasteiger partial charge in [-0.25, -0.2) is 0 Å². The quantitative estimate of drug-likeness (QED) is 0.579. The van der Waals surface area contributed by atoms with Gasteiger partial charge in [-0.1, -0.05) is 0 Å². The summed E-state index contributed by atoms with van der Waals surface area (Å²) >= 11 is 0. The summed E-state index contributed by atoms with van der Waals surface area (Å²) in [6, 6.07) is 1.94. The van der Waals surface area contributed by atoms with E-state index < -0.39 is 0 Å². The molecule has 4 nitrogen and oxygen atoms in total. The Kier molecular flexibility index (Phi) is 3.92. The molecule has 0 saturated heterocycles. The number of amides is 1. The van der Waals surface area contributed by atoms with Crippen LogP contribution in [0.5, 0.6) is 0 Å². The molecular weight excluding hydrogens is 190 g/mol. The number of aromatic nitrogens is 2. The summed E-state index contributed by atoms with van der Waals surface area (Å²) in [6.07, 6.45) is 5.63. The van der Waals surface area contributed by atoms with Crippen molar-refractivity contribution in [2.24, 2.45) is 0 Å². The van der Waals surface area contributed by atoms with E-state index in [0.29, 0.717) is 13.0 Å². The van der Waals surface area contributed by atoms with Gasteiger partial charge >= 0.3 is 0 Å². The van der Waals surface area contributed by atoms with Crippen molar-refractivity contribution in [3.63, 3.8) is 0 Å². The molecule has 0 saturated carbocycles. The second kappa shape index (κ2) is 5.20. The van der Waals surface area contributed by atoms with E-state index in [2.05, 4.69) is 16.3 Å². The standard InChI is InChI=1S/C11H15N3O/c1-4-5-6-12-11(15)8-14-10(3)7-9(2)13-14/h1,7H,5-6,8H2,2-3H3,(H,12,15). The highest BCUT2D eigenvalue weighted by atomic mass is 16.2. The Bertz CT molecular complexity index is 387. The van der Waals surface area contributed by atoms with Crippen LogP contribution in [0, 0.1) is 26.2 Å². The molecule has 0 atom stereocenters. The maximum Gasteiger partial charge on any atom is 0.241 e. The first-order valence-electron chi connectivity index (χ1n) is 4.84. The molecule has 0 unspecified atom stereocenters. The monoisotopic (exact) mass is 205 g/mol. The Morgan fingerprint density at radius 2 is 2.40 bits per heavy atom. The van der Waals surface area contributed by atoms with Crippen molar-refractivity contribution in [3.05, 3.63) is 17.5 Å². The lowest BCUT2D eigenvalue weighted by Crippen LogP contribution is -2.29. The predicted molar refractivity (Wildman–Crippen MR) is 58.2 cm³/mol. The molecule has 0 spiro atoms. The smallest absolute Gasteiger partial charge is 0.241 e. The van der Waals surface area contributed by atoms with Crippen LogP contribution in [-0.4, -0.2) is 22.2 Å². The molecule has 1 aromatic heterocycles. The first-order chi connectivity index (χ1) is 7.13. The van der Waals surface area contributed by atoms with Gasteiger partial charge in [0.2, 0.25) is 5.91 Å². The second-order valence-electron chi connectivity index (χ2n) is 3.39. The minimum Gasteiger partial charge on any atom is -0.354 e. The van der Waals surface area contributed by atoms with Crippen LogP contribution in [0.1, 0.15) is 17.8 Å². The fraction of sp³-hybridized carbons (Fsp3) is 0.455. The number of hydrogen-bond acceptors (Lipinski definition) is 2. The van der Waals surface area contributed by atoms with Crippen molar-refractivity contribution >= 4 is 5.91 Å². The maximum absolute atomic E-state index is 11.4. The molecule has 0 aliphatic carbocycles. The molecule has 80 valence electrons. The van der Waals surface area contributed by atoms with Gasteiger partial charge in [0.25, 0.3) is 0 Å². The van der Waals surface area contributed by atoms with Gasteiger partial charge in [0.05, 0.1) is 5.69 Å². The van der Waals surface area contributed by atoms with E-state index in [1.165, 1.54) is 0 Å². The normalized spacial score (nSPS) is 9.67. The number of terminal acetylenes is 1. The maximum atomic E-state index is 11.4. The lowest BCUT2D eigenvalue weighted by molar-refractivity contribution is -0.121. The summed E-state index contributed by atoms with van der Waals surface area (Å²) in [5, 5.41) is 6.92. The zero-order valence-corrected chi connectivity index (χ0v) is 9.08. The minimum atomic E-state index is -0.0588. The van der Waals surface area contributed by atoms with Crippen LogP contribution in [0.25, 0.3) is 0 Å². The van der Waals surface area contributed by atoms with Crippen LogP contribution in [-0.2, 0) is 11.3 Å². The average molecular weight is 205 g/mol. The van der Waals surface area contributed by atoms with E-state index in [1.807, 2.05) is 19.9 Å². The highest BCUT2D eigenvalue weighted by Gasteiger charge is 2.05. The fourth-order valence-electron chi connectivity index (χ4n) is 1.30. The van der Waals surface area contributed by atoms with Gasteiger partial charge in [0, 0.05) is 18.7 Å². The number of nitrogens with zero attached hydrogens (tertiary/aromatic N) is 2. The van der Waals surface area contributed by atoms with E-state index in [0.717, 1.165) is 11.4 Å². The molecule has 1 N–H and O–H groups in total. The fourth-order valence-corrected chi connectivity index (χ4v) is 1.30. The third kappa shape index (κ3) is 3.47. The third-order valence-electron chi connectivity index (χ3n) is 1.99. The summed E-state index contributed by atoms with van der Waals surface area (Å²) in [5.41, 5.74) is 1.91. The average Bonchev–Trinajstić information content (AvgIpc) is 2.45. The van der Waals surface area contributed by atoms with Crippen LogP contribution in [0.3, 0.4) is 0 Å². The van der Waals surface area contributed by atoms with Crippen molar-refractivity contribution in [2.75, 3.05) is 6.54 Å². The number of rotatable bonds is 4. The zero-order valence-electron chi connectivity index (χ0n) is 9.08. The Balaban J connectivity index is 2.45. The number of aryl methyl sites for hydroxylation is 2. The Hall–Kier alpha value is -1.76. The molecule has 1 rings (SSSR count). The van der Waals surface area contributed by atoms with E-state index in [4.69, 9.17) is 6.42 Å². The highest BCUT2D eigenvalue weighted by Crippen LogP contribution is 2.00. The molecular formula is C11H15N3O. The molecule has 1 amide bonds. The molecule has 0 bridgehead atoms. The number of hydrogen-bond donors (Lipinski definition) is 1. The van der Waals surface area contributed by atoms with E-state index in [1.54, 1.807) is 4.68 Å². The van der Waals surface area contributed by atoms with Crippen LogP contribution in [0.15, 0.2) is 6.07 Å². The van der Waals surface area contributed by atoms with Crippen LogP contribution >= 0.6 is 0 Å². The molecule has 0 aromatic carbocycles. The largest absolute Gasteiger partial charge is 0.354 e. The Morgan fingerprint density at radius 3 is 2.93 bits per heavy atom. The summed E-state index contributed by atoms with van der Waals surface area (Å²) in [7, 11) is 0. The van der Waals surface area contributed by atoms with Gasteiger partial charge in [0.1, 0.15) is 6.54 Å². The summed E-state index contributed by atoms with van der Waals surface area (Å²) in [4.78, 5) is 11.4. The van der Waals surface area contributed by atoms with Crippen molar-refractivity contribution < 1.29 is 4.79 Å². The number of nitrogens with one attached hydrogen (secondary N) is 1. The summed E-state index contributed by atoms with van der Waals surface area (Å²) < 4.78 is 1.68. The zero-order chi connectivity index (χ0) is 11.3. The third-order valence-corrected chi connectivity index (χ3v) is 1.99. The molecule has 0 aliphatic heterocycles. The van der Waals surface area contributed by atoms with Crippen molar-refractivity contribution in [1.29, 1.82) is 0 Å². The first kappa shape index (κ1) is 11.3. The van der Waals surface area contributed by atoms with E-state index in [9.17, 15) is 4.79 Å². The SMILES string of the molecule is C#CCCNC(=O)Cn1nc(C)cc1C. The van der Waals surface area contributed by atoms with E-state index in [-0.39, 0.29) is 12.5 Å². The number of carbonyl (C=O) groups is 1. The molecule has 1 heterocycles. The van der Waals surface area contributed by atoms with Crippen molar-refractivity contribution in [2.45, 2.75) is 26.8 Å². The van der Waals surface area contributed by atoms with Crippen molar-refractivity contribution in [1.82, 2.24) is 15.1 Å². The topological polar surface area (TPSA) is 46.9 Å². The molecule has 15 heavy (non-hydrogen) atoms. The lowest BCUT2D eigenvalue weighted by atomic mass is 10.4. The van der Waals surface area contributed by atoms with Crippen LogP contribution in [0.4, 0.5) is 0 Å². The lowest BCUT2D eigenvalue weighted by Gasteiger charge is -2.04. The van der Waals surface area contributed by atoms with Crippen LogP contribution < -0.4 is 5.32 Å². The molecule has 0 aliphatic rings. The van der Waals surface area contributed by atoms with Crippen LogP contribution in [0.2, 0.25) is 0 Å². The summed E-state index contributed by atoms with van der Waals surface area (Å²) in [6.45, 7) is 4.60. The Morgan fingerprint density at radius 1 is 1.67 bits per heavy atom. The van der Waals surface area contributed by atoms with Gasteiger partial charge in [-0.15, -0.1) is 12.3 Å². The van der Waals surface area contributed by atoms with Gasteiger partial charge < -0.3 is 5.32 Å². The van der Waals surface area contributed by atoms with Gasteiger partial charge in [-0.05, 0) is 19.9 Å². The summed E-state index contributed by atoms with van der Waals surface area (Å²) in [5.74, 6) is 2.41. The minimum absolute atomic E-state index is 0.0588. The van der Waals surface area contributed by atoms with Crippen molar-refractivity contribution in [3.8, 4) is 12.3 Å². The molecule has 0 radical (unpaired) electrons. The molecule has 4 heteroatoms. The number of carbonyl (C=O) groups excluding carboxylic acids is 1. The highest BCUT2D eigenvalue weighted by molar-refractivity contribution is 5.75. The van der Waals surface area contributed by atoms with E-state index >= 15 is 0 Å². The molecule has 1 aromatic rings. The Labute approximate surface area is 89.7 Å². The van der Waals surface area contributed by atoms with Gasteiger partial charge in [0.15, 0.2) is 0 Å².